The Morgan fingerprint density at radius 1 is 1.33 bits per heavy atom. The Bertz CT molecular complexity index is 292. The zero-order valence-electron chi connectivity index (χ0n) is 9.36. The average Bonchev–Trinajstić information content (AvgIpc) is 2.29. The van der Waals surface area contributed by atoms with E-state index in [1.165, 1.54) is 0 Å². The molecule has 0 fully saturated rings. The van der Waals surface area contributed by atoms with Crippen molar-refractivity contribution in [2.45, 2.75) is 13.3 Å². The molecular weight excluding hydrogens is 188 g/mol. The summed E-state index contributed by atoms with van der Waals surface area (Å²) < 4.78 is 0. The van der Waals surface area contributed by atoms with Gasteiger partial charge in [0.1, 0.15) is 0 Å². The van der Waals surface area contributed by atoms with Gasteiger partial charge < -0.3 is 10.2 Å². The minimum atomic E-state index is 0.0896. The Balaban J connectivity index is 2.71. The second-order valence-corrected chi connectivity index (χ2v) is 3.45. The van der Waals surface area contributed by atoms with Crippen LogP contribution in [0.25, 0.3) is 0 Å². The van der Waals surface area contributed by atoms with Crippen LogP contribution in [0.15, 0.2) is 30.3 Å². The second-order valence-electron chi connectivity index (χ2n) is 3.45. The van der Waals surface area contributed by atoms with Crippen LogP contribution < -0.4 is 5.32 Å². The zero-order chi connectivity index (χ0) is 11.1. The van der Waals surface area contributed by atoms with Gasteiger partial charge in [0.05, 0.1) is 6.67 Å². The Hall–Kier alpha value is -1.35. The van der Waals surface area contributed by atoms with Crippen molar-refractivity contribution < 1.29 is 4.79 Å². The van der Waals surface area contributed by atoms with Gasteiger partial charge in [0, 0.05) is 12.1 Å². The molecule has 0 radical (unpaired) electrons. The third-order valence-corrected chi connectivity index (χ3v) is 2.15. The van der Waals surface area contributed by atoms with E-state index in [1.54, 1.807) is 0 Å². The maximum atomic E-state index is 12.0. The summed E-state index contributed by atoms with van der Waals surface area (Å²) in [6.45, 7) is 3.46. The molecule has 1 aromatic rings. The van der Waals surface area contributed by atoms with E-state index >= 15 is 0 Å². The highest BCUT2D eigenvalue weighted by Crippen LogP contribution is 2.04. The summed E-state index contributed by atoms with van der Waals surface area (Å²) in [4.78, 5) is 13.8. The smallest absolute Gasteiger partial charge is 0.254 e. The van der Waals surface area contributed by atoms with Crippen LogP contribution in [0, 0.1) is 0 Å². The lowest BCUT2D eigenvalue weighted by Crippen LogP contribution is -2.38. The maximum absolute atomic E-state index is 12.0. The Kier molecular flexibility index (Phi) is 4.84. The van der Waals surface area contributed by atoms with Crippen molar-refractivity contribution >= 4 is 5.91 Å². The average molecular weight is 206 g/mol. The normalized spacial score (nSPS) is 10.0. The number of hydrogen-bond acceptors (Lipinski definition) is 2. The highest BCUT2D eigenvalue weighted by Gasteiger charge is 2.12. The first kappa shape index (κ1) is 11.7. The van der Waals surface area contributed by atoms with E-state index in [2.05, 4.69) is 12.2 Å². The quantitative estimate of drug-likeness (QED) is 0.744. The summed E-state index contributed by atoms with van der Waals surface area (Å²) in [7, 11) is 1.85. The summed E-state index contributed by atoms with van der Waals surface area (Å²) in [5.74, 6) is 0.0896. The molecule has 0 bridgehead atoms. The van der Waals surface area contributed by atoms with E-state index in [-0.39, 0.29) is 5.91 Å². The van der Waals surface area contributed by atoms with Crippen molar-refractivity contribution in [3.8, 4) is 0 Å². The van der Waals surface area contributed by atoms with Gasteiger partial charge in [-0.05, 0) is 25.6 Å². The van der Waals surface area contributed by atoms with Gasteiger partial charge in [-0.2, -0.15) is 0 Å². The van der Waals surface area contributed by atoms with Gasteiger partial charge in [-0.3, -0.25) is 4.79 Å². The Morgan fingerprint density at radius 3 is 2.53 bits per heavy atom. The number of hydrogen-bond donors (Lipinski definition) is 1. The largest absolute Gasteiger partial charge is 0.326 e. The lowest BCUT2D eigenvalue weighted by molar-refractivity contribution is 0.0746. The van der Waals surface area contributed by atoms with E-state index in [4.69, 9.17) is 0 Å². The summed E-state index contributed by atoms with van der Waals surface area (Å²) in [6.07, 6.45) is 0.972. The van der Waals surface area contributed by atoms with Crippen LogP contribution in [0.4, 0.5) is 0 Å². The van der Waals surface area contributed by atoms with Gasteiger partial charge in [-0.15, -0.1) is 0 Å². The van der Waals surface area contributed by atoms with Crippen LogP contribution >= 0.6 is 0 Å². The fourth-order valence-corrected chi connectivity index (χ4v) is 1.48. The molecule has 15 heavy (non-hydrogen) atoms. The Labute approximate surface area is 91.1 Å². The highest BCUT2D eigenvalue weighted by molar-refractivity contribution is 5.94. The molecule has 0 spiro atoms. The SMILES string of the molecule is CCCN(CNC)C(=O)c1ccccc1. The van der Waals surface area contributed by atoms with Crippen molar-refractivity contribution in [3.05, 3.63) is 35.9 Å². The molecule has 1 aromatic carbocycles. The lowest BCUT2D eigenvalue weighted by Gasteiger charge is -2.21. The predicted molar refractivity (Wildman–Crippen MR) is 61.7 cm³/mol. The van der Waals surface area contributed by atoms with Gasteiger partial charge in [0.2, 0.25) is 0 Å². The first-order valence-electron chi connectivity index (χ1n) is 5.28. The first-order chi connectivity index (χ1) is 7.29. The number of benzene rings is 1. The maximum Gasteiger partial charge on any atom is 0.254 e. The minimum Gasteiger partial charge on any atom is -0.326 e. The van der Waals surface area contributed by atoms with Crippen LogP contribution in [0.2, 0.25) is 0 Å². The van der Waals surface area contributed by atoms with E-state index in [9.17, 15) is 4.79 Å². The van der Waals surface area contributed by atoms with Gasteiger partial charge in [0.15, 0.2) is 0 Å². The topological polar surface area (TPSA) is 32.3 Å². The summed E-state index contributed by atoms with van der Waals surface area (Å²) in [6, 6.07) is 9.38. The van der Waals surface area contributed by atoms with Gasteiger partial charge >= 0.3 is 0 Å². The van der Waals surface area contributed by atoms with Gasteiger partial charge in [-0.1, -0.05) is 25.1 Å². The summed E-state index contributed by atoms with van der Waals surface area (Å²) >= 11 is 0. The molecule has 3 nitrogen and oxygen atoms in total. The molecule has 0 heterocycles. The molecule has 82 valence electrons. The molecule has 1 N–H and O–H groups in total. The molecular formula is C12H18N2O. The number of carbonyl (C=O) groups is 1. The fourth-order valence-electron chi connectivity index (χ4n) is 1.48. The molecule has 0 aliphatic heterocycles. The number of carbonyl (C=O) groups excluding carboxylic acids is 1. The fraction of sp³-hybridized carbons (Fsp3) is 0.417. The molecule has 3 heteroatoms. The van der Waals surface area contributed by atoms with E-state index in [1.807, 2.05) is 42.3 Å². The second kappa shape index (κ2) is 6.19. The van der Waals surface area contributed by atoms with Crippen molar-refractivity contribution in [2.75, 3.05) is 20.3 Å². The highest BCUT2D eigenvalue weighted by atomic mass is 16.2. The monoisotopic (exact) mass is 206 g/mol. The number of amides is 1. The van der Waals surface area contributed by atoms with Crippen LogP contribution in [0.5, 0.6) is 0 Å². The summed E-state index contributed by atoms with van der Waals surface area (Å²) in [5.41, 5.74) is 0.751. The predicted octanol–water partition coefficient (Wildman–Crippen LogP) is 1.72. The molecule has 0 unspecified atom stereocenters. The van der Waals surface area contributed by atoms with Crippen molar-refractivity contribution in [1.29, 1.82) is 0 Å². The lowest BCUT2D eigenvalue weighted by atomic mass is 10.2. The molecule has 0 aliphatic carbocycles. The van der Waals surface area contributed by atoms with Crippen molar-refractivity contribution in [3.63, 3.8) is 0 Å². The zero-order valence-corrected chi connectivity index (χ0v) is 9.36. The first-order valence-corrected chi connectivity index (χ1v) is 5.28. The van der Waals surface area contributed by atoms with Gasteiger partial charge in [0.25, 0.3) is 5.91 Å². The van der Waals surface area contributed by atoms with Crippen molar-refractivity contribution in [2.24, 2.45) is 0 Å². The third-order valence-electron chi connectivity index (χ3n) is 2.15. The van der Waals surface area contributed by atoms with Crippen LogP contribution in [-0.4, -0.2) is 31.1 Å². The molecule has 0 saturated heterocycles. The van der Waals surface area contributed by atoms with E-state index in [0.29, 0.717) is 6.67 Å². The van der Waals surface area contributed by atoms with E-state index < -0.39 is 0 Å². The molecule has 0 aliphatic rings. The minimum absolute atomic E-state index is 0.0896. The Morgan fingerprint density at radius 2 is 2.00 bits per heavy atom. The molecule has 0 saturated carbocycles. The molecule has 0 aromatic heterocycles. The molecule has 1 rings (SSSR count). The van der Waals surface area contributed by atoms with E-state index in [0.717, 1.165) is 18.5 Å². The number of nitrogens with zero attached hydrogens (tertiary/aromatic N) is 1. The molecule has 1 amide bonds. The standard InChI is InChI=1S/C12H18N2O/c1-3-9-14(10-13-2)12(15)11-7-5-4-6-8-11/h4-8,13H,3,9-10H2,1-2H3. The van der Waals surface area contributed by atoms with Crippen LogP contribution in [0.1, 0.15) is 23.7 Å². The van der Waals surface area contributed by atoms with Crippen LogP contribution in [0.3, 0.4) is 0 Å². The molecule has 0 atom stereocenters. The third kappa shape index (κ3) is 3.36. The number of nitrogens with one attached hydrogen (secondary N) is 1. The summed E-state index contributed by atoms with van der Waals surface area (Å²) in [5, 5.41) is 3.01. The van der Waals surface area contributed by atoms with Crippen LogP contribution in [-0.2, 0) is 0 Å². The van der Waals surface area contributed by atoms with Crippen molar-refractivity contribution in [1.82, 2.24) is 10.2 Å². The van der Waals surface area contributed by atoms with Gasteiger partial charge in [-0.25, -0.2) is 0 Å². The number of rotatable bonds is 5.